The summed E-state index contributed by atoms with van der Waals surface area (Å²) in [7, 11) is 1.51. The number of methoxy groups -OCH3 is 1. The summed E-state index contributed by atoms with van der Waals surface area (Å²) >= 11 is 3.37. The highest BCUT2D eigenvalue weighted by atomic mass is 79.9. The molecular weight excluding hydrogens is 334 g/mol. The zero-order chi connectivity index (χ0) is 15.2. The molecule has 2 rings (SSSR count). The second-order valence-electron chi connectivity index (χ2n) is 4.25. The summed E-state index contributed by atoms with van der Waals surface area (Å²) in [5, 5.41) is 8.88. The predicted octanol–water partition coefficient (Wildman–Crippen LogP) is 3.72. The molecule has 0 fully saturated rings. The first-order valence-electron chi connectivity index (χ1n) is 6.12. The Balaban J connectivity index is 2.23. The molecule has 0 heterocycles. The van der Waals surface area contributed by atoms with Crippen molar-refractivity contribution in [1.29, 1.82) is 5.26 Å². The standard InChI is InChI=1S/C16H12BrNO3/c1-20-15-7-13(9-19)6-14(17)16(15)21-10-12-4-2-3-11(5-12)8-18/h2-7,9H,10H2,1H3. The molecule has 0 saturated heterocycles. The van der Waals surface area contributed by atoms with Gasteiger partial charge in [0.15, 0.2) is 11.5 Å². The van der Waals surface area contributed by atoms with Crippen LogP contribution in [-0.4, -0.2) is 13.4 Å². The maximum absolute atomic E-state index is 10.8. The number of hydrogen-bond acceptors (Lipinski definition) is 4. The van der Waals surface area contributed by atoms with Crippen LogP contribution in [-0.2, 0) is 6.61 Å². The van der Waals surface area contributed by atoms with E-state index in [0.29, 0.717) is 33.7 Å². The molecule has 106 valence electrons. The van der Waals surface area contributed by atoms with Crippen molar-refractivity contribution in [2.45, 2.75) is 6.61 Å². The van der Waals surface area contributed by atoms with E-state index in [-0.39, 0.29) is 0 Å². The van der Waals surface area contributed by atoms with Gasteiger partial charge in [0, 0.05) is 5.56 Å². The molecular formula is C16H12BrNO3. The van der Waals surface area contributed by atoms with Crippen LogP contribution in [0.5, 0.6) is 11.5 Å². The average molecular weight is 346 g/mol. The zero-order valence-electron chi connectivity index (χ0n) is 11.3. The van der Waals surface area contributed by atoms with E-state index < -0.39 is 0 Å². The molecule has 0 amide bonds. The SMILES string of the molecule is COc1cc(C=O)cc(Br)c1OCc1cccc(C#N)c1. The lowest BCUT2D eigenvalue weighted by Crippen LogP contribution is -2.00. The van der Waals surface area contributed by atoms with Gasteiger partial charge in [-0.1, -0.05) is 12.1 Å². The van der Waals surface area contributed by atoms with Crippen LogP contribution in [0.3, 0.4) is 0 Å². The number of ether oxygens (including phenoxy) is 2. The first-order chi connectivity index (χ1) is 10.2. The number of aldehydes is 1. The van der Waals surface area contributed by atoms with Crippen LogP contribution in [0.25, 0.3) is 0 Å². The molecule has 21 heavy (non-hydrogen) atoms. The van der Waals surface area contributed by atoms with Crippen LogP contribution in [0, 0.1) is 11.3 Å². The molecule has 0 atom stereocenters. The number of halogens is 1. The van der Waals surface area contributed by atoms with Gasteiger partial charge in [-0.15, -0.1) is 0 Å². The molecule has 0 bridgehead atoms. The summed E-state index contributed by atoms with van der Waals surface area (Å²) in [6.07, 6.45) is 0.744. The fourth-order valence-electron chi connectivity index (χ4n) is 1.83. The Hall–Kier alpha value is -2.32. The first kappa shape index (κ1) is 15.1. The van der Waals surface area contributed by atoms with Crippen LogP contribution in [0.2, 0.25) is 0 Å². The Morgan fingerprint density at radius 1 is 1.33 bits per heavy atom. The molecule has 0 aliphatic rings. The maximum atomic E-state index is 10.8. The molecule has 0 aromatic heterocycles. The molecule has 0 unspecified atom stereocenters. The lowest BCUT2D eigenvalue weighted by molar-refractivity contribution is 0.112. The van der Waals surface area contributed by atoms with Crippen molar-refractivity contribution in [3.63, 3.8) is 0 Å². The van der Waals surface area contributed by atoms with Gasteiger partial charge < -0.3 is 9.47 Å². The molecule has 0 aliphatic heterocycles. The van der Waals surface area contributed by atoms with Gasteiger partial charge in [-0.25, -0.2) is 0 Å². The van der Waals surface area contributed by atoms with Crippen molar-refractivity contribution in [1.82, 2.24) is 0 Å². The highest BCUT2D eigenvalue weighted by Gasteiger charge is 2.12. The quantitative estimate of drug-likeness (QED) is 0.775. The van der Waals surface area contributed by atoms with E-state index in [1.807, 2.05) is 6.07 Å². The van der Waals surface area contributed by atoms with Gasteiger partial charge in [0.05, 0.1) is 23.2 Å². The summed E-state index contributed by atoms with van der Waals surface area (Å²) in [5.74, 6) is 0.994. The predicted molar refractivity (Wildman–Crippen MR) is 81.6 cm³/mol. The molecule has 0 radical (unpaired) electrons. The third-order valence-corrected chi connectivity index (χ3v) is 3.42. The van der Waals surface area contributed by atoms with Crippen molar-refractivity contribution < 1.29 is 14.3 Å². The molecule has 0 aliphatic carbocycles. The molecule has 0 N–H and O–H groups in total. The Kier molecular flexibility index (Phi) is 4.96. The monoisotopic (exact) mass is 345 g/mol. The van der Waals surface area contributed by atoms with E-state index >= 15 is 0 Å². The smallest absolute Gasteiger partial charge is 0.175 e. The second kappa shape index (κ2) is 6.91. The van der Waals surface area contributed by atoms with Gasteiger partial charge >= 0.3 is 0 Å². The molecule has 0 saturated carbocycles. The third kappa shape index (κ3) is 3.61. The lowest BCUT2D eigenvalue weighted by atomic mass is 10.1. The van der Waals surface area contributed by atoms with Crippen molar-refractivity contribution in [3.8, 4) is 17.6 Å². The number of benzene rings is 2. The van der Waals surface area contributed by atoms with E-state index in [0.717, 1.165) is 11.8 Å². The van der Waals surface area contributed by atoms with E-state index in [2.05, 4.69) is 22.0 Å². The van der Waals surface area contributed by atoms with Crippen LogP contribution < -0.4 is 9.47 Å². The van der Waals surface area contributed by atoms with Crippen molar-refractivity contribution in [3.05, 3.63) is 57.6 Å². The van der Waals surface area contributed by atoms with Crippen LogP contribution in [0.15, 0.2) is 40.9 Å². The molecule has 4 nitrogen and oxygen atoms in total. The Morgan fingerprint density at radius 3 is 2.81 bits per heavy atom. The van der Waals surface area contributed by atoms with Gasteiger partial charge in [-0.05, 0) is 45.8 Å². The number of carbonyl (C=O) groups is 1. The number of rotatable bonds is 5. The van der Waals surface area contributed by atoms with E-state index in [9.17, 15) is 4.79 Å². The highest BCUT2D eigenvalue weighted by molar-refractivity contribution is 9.10. The molecule has 0 spiro atoms. The minimum atomic E-state index is 0.297. The Bertz CT molecular complexity index is 707. The maximum Gasteiger partial charge on any atom is 0.175 e. The third-order valence-electron chi connectivity index (χ3n) is 2.83. The van der Waals surface area contributed by atoms with Crippen molar-refractivity contribution in [2.24, 2.45) is 0 Å². The highest BCUT2D eigenvalue weighted by Crippen LogP contribution is 2.36. The van der Waals surface area contributed by atoms with Gasteiger partial charge in [-0.2, -0.15) is 5.26 Å². The Morgan fingerprint density at radius 2 is 2.14 bits per heavy atom. The molecule has 5 heteroatoms. The minimum Gasteiger partial charge on any atom is -0.493 e. The summed E-state index contributed by atoms with van der Waals surface area (Å²) in [6.45, 7) is 0.297. The summed E-state index contributed by atoms with van der Waals surface area (Å²) in [4.78, 5) is 10.8. The average Bonchev–Trinajstić information content (AvgIpc) is 2.53. The van der Waals surface area contributed by atoms with Crippen LogP contribution in [0.1, 0.15) is 21.5 Å². The second-order valence-corrected chi connectivity index (χ2v) is 5.11. The number of nitriles is 1. The lowest BCUT2D eigenvalue weighted by Gasteiger charge is -2.13. The summed E-state index contributed by atoms with van der Waals surface area (Å²) < 4.78 is 11.6. The normalized spacial score (nSPS) is 9.76. The number of hydrogen-bond donors (Lipinski definition) is 0. The number of nitrogens with zero attached hydrogens (tertiary/aromatic N) is 1. The topological polar surface area (TPSA) is 59.3 Å². The van der Waals surface area contributed by atoms with Crippen molar-refractivity contribution in [2.75, 3.05) is 7.11 Å². The van der Waals surface area contributed by atoms with Gasteiger partial charge in [0.2, 0.25) is 0 Å². The fourth-order valence-corrected chi connectivity index (χ4v) is 2.41. The number of carbonyl (C=O) groups excluding carboxylic acids is 1. The van der Waals surface area contributed by atoms with Crippen molar-refractivity contribution >= 4 is 22.2 Å². The molecule has 2 aromatic carbocycles. The van der Waals surface area contributed by atoms with E-state index in [1.165, 1.54) is 7.11 Å². The minimum absolute atomic E-state index is 0.297. The van der Waals surface area contributed by atoms with Crippen LogP contribution >= 0.6 is 15.9 Å². The Labute approximate surface area is 131 Å². The van der Waals surface area contributed by atoms with Gasteiger partial charge in [-0.3, -0.25) is 4.79 Å². The fraction of sp³-hybridized carbons (Fsp3) is 0.125. The first-order valence-corrected chi connectivity index (χ1v) is 6.91. The van der Waals surface area contributed by atoms with Gasteiger partial charge in [0.25, 0.3) is 0 Å². The van der Waals surface area contributed by atoms with Crippen LogP contribution in [0.4, 0.5) is 0 Å². The zero-order valence-corrected chi connectivity index (χ0v) is 12.9. The van der Waals surface area contributed by atoms with E-state index in [4.69, 9.17) is 14.7 Å². The molecule has 2 aromatic rings. The summed E-state index contributed by atoms with van der Waals surface area (Å²) in [5.41, 5.74) is 1.96. The largest absolute Gasteiger partial charge is 0.493 e. The summed E-state index contributed by atoms with van der Waals surface area (Å²) in [6, 6.07) is 12.5. The van der Waals surface area contributed by atoms with Gasteiger partial charge in [0.1, 0.15) is 12.9 Å². The van der Waals surface area contributed by atoms with E-state index in [1.54, 1.807) is 30.3 Å².